The van der Waals surface area contributed by atoms with Crippen molar-refractivity contribution in [3.8, 4) is 0 Å². The lowest BCUT2D eigenvalue weighted by atomic mass is 10.1. The second kappa shape index (κ2) is 7.39. The molecule has 27 heavy (non-hydrogen) atoms. The molecule has 1 saturated carbocycles. The average Bonchev–Trinajstić information content (AvgIpc) is 3.44. The summed E-state index contributed by atoms with van der Waals surface area (Å²) in [5.41, 5.74) is 4.24. The minimum absolute atomic E-state index is 0.0308. The molecule has 1 heterocycles. The number of carbonyl (C=O) groups excluding carboxylic acids is 1. The van der Waals surface area contributed by atoms with Gasteiger partial charge in [0.15, 0.2) is 0 Å². The van der Waals surface area contributed by atoms with Gasteiger partial charge in [0.1, 0.15) is 0 Å². The van der Waals surface area contributed by atoms with Crippen LogP contribution in [0.15, 0.2) is 36.4 Å². The van der Waals surface area contributed by atoms with Crippen LogP contribution in [0.5, 0.6) is 0 Å². The molecule has 1 atom stereocenters. The first-order chi connectivity index (χ1) is 12.8. The van der Waals surface area contributed by atoms with Crippen LogP contribution < -0.4 is 0 Å². The predicted octanol–water partition coefficient (Wildman–Crippen LogP) is 4.58. The van der Waals surface area contributed by atoms with Gasteiger partial charge >= 0.3 is 0 Å². The molecule has 1 aromatic carbocycles. The van der Waals surface area contributed by atoms with E-state index in [0.717, 1.165) is 11.1 Å². The van der Waals surface area contributed by atoms with Gasteiger partial charge in [-0.2, -0.15) is 0 Å². The Morgan fingerprint density at radius 2 is 2.04 bits per heavy atom. The standard InChI is InChI=1S/C21H25N3O3/c1-14-12-18(16(3)23(14)19-9-10-19)8-11-21(25)22(4)15(2)17-6-5-7-20(13-17)24(26)27/h5-8,11-13,15,19H,9-10H2,1-4H3/b11-8+/t15-/m1/s1. The molecule has 1 aliphatic carbocycles. The molecule has 1 amide bonds. The van der Waals surface area contributed by atoms with E-state index in [4.69, 9.17) is 0 Å². The number of non-ortho nitro benzene ring substituents is 1. The van der Waals surface area contributed by atoms with Crippen LogP contribution >= 0.6 is 0 Å². The van der Waals surface area contributed by atoms with Crippen molar-refractivity contribution in [1.29, 1.82) is 0 Å². The molecule has 0 unspecified atom stereocenters. The maximum Gasteiger partial charge on any atom is 0.269 e. The number of hydrogen-bond donors (Lipinski definition) is 0. The summed E-state index contributed by atoms with van der Waals surface area (Å²) >= 11 is 0. The minimum atomic E-state index is -0.423. The number of aromatic nitrogens is 1. The molecule has 1 fully saturated rings. The summed E-state index contributed by atoms with van der Waals surface area (Å²) in [7, 11) is 1.71. The molecule has 0 N–H and O–H groups in total. The van der Waals surface area contributed by atoms with E-state index in [1.807, 2.05) is 13.0 Å². The van der Waals surface area contributed by atoms with Gasteiger partial charge in [0.05, 0.1) is 11.0 Å². The third-order valence-corrected chi connectivity index (χ3v) is 5.33. The van der Waals surface area contributed by atoms with E-state index in [0.29, 0.717) is 6.04 Å². The zero-order chi connectivity index (χ0) is 19.7. The Bertz CT molecular complexity index is 909. The van der Waals surface area contributed by atoms with E-state index >= 15 is 0 Å². The number of amides is 1. The first kappa shape index (κ1) is 18.9. The smallest absolute Gasteiger partial charge is 0.269 e. The van der Waals surface area contributed by atoms with E-state index in [2.05, 4.69) is 24.5 Å². The molecule has 2 aromatic rings. The van der Waals surface area contributed by atoms with Crippen LogP contribution in [0.4, 0.5) is 5.69 Å². The van der Waals surface area contributed by atoms with E-state index < -0.39 is 4.92 Å². The minimum Gasteiger partial charge on any atom is -0.346 e. The van der Waals surface area contributed by atoms with Crippen LogP contribution in [-0.2, 0) is 4.79 Å². The van der Waals surface area contributed by atoms with Crippen molar-refractivity contribution in [1.82, 2.24) is 9.47 Å². The summed E-state index contributed by atoms with van der Waals surface area (Å²) in [6.07, 6.45) is 5.89. The van der Waals surface area contributed by atoms with E-state index in [1.165, 1.54) is 36.4 Å². The van der Waals surface area contributed by atoms with E-state index in [1.54, 1.807) is 30.2 Å². The fourth-order valence-corrected chi connectivity index (χ4v) is 3.46. The number of likely N-dealkylation sites (N-methyl/N-ethyl adjacent to an activating group) is 1. The molecule has 1 aliphatic rings. The molecule has 142 valence electrons. The Morgan fingerprint density at radius 3 is 2.67 bits per heavy atom. The lowest BCUT2D eigenvalue weighted by molar-refractivity contribution is -0.384. The molecule has 0 aliphatic heterocycles. The second-order valence-corrected chi connectivity index (χ2v) is 7.24. The Labute approximate surface area is 159 Å². The van der Waals surface area contributed by atoms with Crippen molar-refractivity contribution >= 4 is 17.7 Å². The summed E-state index contributed by atoms with van der Waals surface area (Å²) in [5, 5.41) is 11.0. The zero-order valence-corrected chi connectivity index (χ0v) is 16.2. The first-order valence-corrected chi connectivity index (χ1v) is 9.17. The van der Waals surface area contributed by atoms with Crippen LogP contribution in [0.3, 0.4) is 0 Å². The third-order valence-electron chi connectivity index (χ3n) is 5.33. The molecule has 1 aromatic heterocycles. The lowest BCUT2D eigenvalue weighted by Gasteiger charge is -2.24. The lowest BCUT2D eigenvalue weighted by Crippen LogP contribution is -2.28. The van der Waals surface area contributed by atoms with Crippen molar-refractivity contribution in [3.63, 3.8) is 0 Å². The number of hydrogen-bond acceptors (Lipinski definition) is 3. The van der Waals surface area contributed by atoms with Crippen molar-refractivity contribution in [2.75, 3.05) is 7.05 Å². The summed E-state index contributed by atoms with van der Waals surface area (Å²) in [6.45, 7) is 6.05. The van der Waals surface area contributed by atoms with Gasteiger partial charge in [-0.3, -0.25) is 14.9 Å². The Hall–Kier alpha value is -2.89. The number of carbonyl (C=O) groups is 1. The SMILES string of the molecule is Cc1cc(/C=C/C(=O)N(C)[C@H](C)c2cccc([N+](=O)[O-])c2)c(C)n1C1CC1. The fourth-order valence-electron chi connectivity index (χ4n) is 3.46. The predicted molar refractivity (Wildman–Crippen MR) is 105 cm³/mol. The van der Waals surface area contributed by atoms with Gasteiger partial charge < -0.3 is 9.47 Å². The number of aryl methyl sites for hydroxylation is 1. The number of nitrogens with zero attached hydrogens (tertiary/aromatic N) is 3. The summed E-state index contributed by atoms with van der Waals surface area (Å²) in [4.78, 5) is 24.7. The topological polar surface area (TPSA) is 68.4 Å². The largest absolute Gasteiger partial charge is 0.346 e. The third kappa shape index (κ3) is 3.94. The number of rotatable bonds is 6. The maximum atomic E-state index is 12.6. The monoisotopic (exact) mass is 367 g/mol. The normalized spacial score (nSPS) is 15.1. The molecule has 0 bridgehead atoms. The van der Waals surface area contributed by atoms with Crippen molar-refractivity contribution in [2.45, 2.75) is 45.7 Å². The molecule has 0 spiro atoms. The molecule has 3 rings (SSSR count). The van der Waals surface area contributed by atoms with Gasteiger partial charge in [-0.25, -0.2) is 0 Å². The quantitative estimate of drug-likeness (QED) is 0.426. The van der Waals surface area contributed by atoms with Gasteiger partial charge in [0.25, 0.3) is 5.69 Å². The highest BCUT2D eigenvalue weighted by Gasteiger charge is 2.26. The highest BCUT2D eigenvalue weighted by molar-refractivity contribution is 5.92. The Morgan fingerprint density at radius 1 is 1.33 bits per heavy atom. The Kier molecular flexibility index (Phi) is 5.17. The average molecular weight is 367 g/mol. The number of nitro groups is 1. The van der Waals surface area contributed by atoms with Gasteiger partial charge in [-0.05, 0) is 56.9 Å². The van der Waals surface area contributed by atoms with E-state index in [-0.39, 0.29) is 17.6 Å². The van der Waals surface area contributed by atoms with Crippen molar-refractivity contribution in [2.24, 2.45) is 0 Å². The van der Waals surface area contributed by atoms with Crippen LogP contribution in [0.25, 0.3) is 6.08 Å². The summed E-state index contributed by atoms with van der Waals surface area (Å²) in [6, 6.07) is 8.87. The van der Waals surface area contributed by atoms with Gasteiger partial charge in [0, 0.05) is 42.7 Å². The highest BCUT2D eigenvalue weighted by atomic mass is 16.6. The zero-order valence-electron chi connectivity index (χ0n) is 16.2. The molecule has 0 radical (unpaired) electrons. The number of benzene rings is 1. The molecule has 6 nitrogen and oxygen atoms in total. The maximum absolute atomic E-state index is 12.6. The highest BCUT2D eigenvalue weighted by Crippen LogP contribution is 2.38. The Balaban J connectivity index is 1.74. The van der Waals surface area contributed by atoms with E-state index in [9.17, 15) is 14.9 Å². The number of nitro benzene ring substituents is 1. The first-order valence-electron chi connectivity index (χ1n) is 9.17. The van der Waals surface area contributed by atoms with Crippen LogP contribution in [0.2, 0.25) is 0 Å². The fraction of sp³-hybridized carbons (Fsp3) is 0.381. The molecule has 6 heteroatoms. The molecule has 0 saturated heterocycles. The van der Waals surface area contributed by atoms with Crippen LogP contribution in [0, 0.1) is 24.0 Å². The summed E-state index contributed by atoms with van der Waals surface area (Å²) in [5.74, 6) is -0.134. The van der Waals surface area contributed by atoms with Gasteiger partial charge in [-0.15, -0.1) is 0 Å². The molecular formula is C21H25N3O3. The van der Waals surface area contributed by atoms with Crippen LogP contribution in [-0.4, -0.2) is 27.3 Å². The van der Waals surface area contributed by atoms with Gasteiger partial charge in [0.2, 0.25) is 5.91 Å². The second-order valence-electron chi connectivity index (χ2n) is 7.24. The van der Waals surface area contributed by atoms with Crippen LogP contribution in [0.1, 0.15) is 54.4 Å². The van der Waals surface area contributed by atoms with Gasteiger partial charge in [-0.1, -0.05) is 12.1 Å². The molecular weight excluding hydrogens is 342 g/mol. The van der Waals surface area contributed by atoms with Crippen molar-refractivity contribution in [3.05, 3.63) is 69.0 Å². The van der Waals surface area contributed by atoms with Crippen molar-refractivity contribution < 1.29 is 9.72 Å². The summed E-state index contributed by atoms with van der Waals surface area (Å²) < 4.78 is 2.35.